The predicted octanol–water partition coefficient (Wildman–Crippen LogP) is 2.62. The zero-order chi connectivity index (χ0) is 19.8. The summed E-state index contributed by atoms with van der Waals surface area (Å²) >= 11 is 6.20. The fourth-order valence-corrected chi connectivity index (χ4v) is 3.16. The predicted molar refractivity (Wildman–Crippen MR) is 109 cm³/mol. The van der Waals surface area contributed by atoms with Gasteiger partial charge in [-0.05, 0) is 31.0 Å². The van der Waals surface area contributed by atoms with Gasteiger partial charge in [0.25, 0.3) is 5.91 Å². The number of quaternary nitrogens is 1. The smallest absolute Gasteiger partial charge is 0.277 e. The third-order valence-corrected chi connectivity index (χ3v) is 4.86. The third kappa shape index (κ3) is 6.08. The molecular formula is C21H27ClN3O2+. The Balaban J connectivity index is 1.84. The number of rotatable bonds is 8. The van der Waals surface area contributed by atoms with Crippen molar-refractivity contribution in [3.05, 3.63) is 64.7 Å². The number of benzene rings is 2. The van der Waals surface area contributed by atoms with Gasteiger partial charge in [-0.15, -0.1) is 0 Å². The topological polar surface area (TPSA) is 66.0 Å². The minimum Gasteiger partial charge on any atom is -0.332 e. The van der Waals surface area contributed by atoms with E-state index in [0.29, 0.717) is 5.02 Å². The van der Waals surface area contributed by atoms with E-state index >= 15 is 0 Å². The molecule has 0 unspecified atom stereocenters. The Morgan fingerprint density at radius 2 is 1.81 bits per heavy atom. The van der Waals surface area contributed by atoms with Gasteiger partial charge in [0.2, 0.25) is 5.91 Å². The molecule has 144 valence electrons. The second kappa shape index (κ2) is 10.1. The highest BCUT2D eigenvalue weighted by atomic mass is 35.5. The SMILES string of the molecule is CCc1ccccc1NC(=O)CN(C)C(=O)C[NH2+][C@@H](C)c1ccccc1Cl. The molecular weight excluding hydrogens is 362 g/mol. The molecule has 0 saturated heterocycles. The van der Waals surface area contributed by atoms with Crippen LogP contribution in [-0.4, -0.2) is 36.9 Å². The van der Waals surface area contributed by atoms with Gasteiger partial charge in [-0.3, -0.25) is 9.59 Å². The van der Waals surface area contributed by atoms with E-state index < -0.39 is 0 Å². The lowest BCUT2D eigenvalue weighted by Gasteiger charge is -2.18. The fourth-order valence-electron chi connectivity index (χ4n) is 2.85. The second-order valence-corrected chi connectivity index (χ2v) is 6.97. The number of likely N-dealkylation sites (N-methyl/N-ethyl adjacent to an activating group) is 1. The summed E-state index contributed by atoms with van der Waals surface area (Å²) in [4.78, 5) is 26.1. The Bertz CT molecular complexity index is 795. The average Bonchev–Trinajstić information content (AvgIpc) is 2.66. The number of hydrogen-bond acceptors (Lipinski definition) is 2. The highest BCUT2D eigenvalue weighted by Crippen LogP contribution is 2.19. The van der Waals surface area contributed by atoms with Crippen LogP contribution in [0.3, 0.4) is 0 Å². The summed E-state index contributed by atoms with van der Waals surface area (Å²) in [5.41, 5.74) is 2.86. The van der Waals surface area contributed by atoms with Crippen LogP contribution >= 0.6 is 11.6 Å². The minimum atomic E-state index is -0.203. The van der Waals surface area contributed by atoms with Crippen LogP contribution in [0, 0.1) is 0 Å². The number of nitrogens with one attached hydrogen (secondary N) is 1. The third-order valence-electron chi connectivity index (χ3n) is 4.52. The summed E-state index contributed by atoms with van der Waals surface area (Å²) in [5.74, 6) is -0.307. The van der Waals surface area contributed by atoms with Crippen LogP contribution < -0.4 is 10.6 Å². The Kier molecular flexibility index (Phi) is 7.82. The van der Waals surface area contributed by atoms with E-state index in [1.165, 1.54) is 4.90 Å². The molecule has 5 nitrogen and oxygen atoms in total. The standard InChI is InChI=1S/C21H26ClN3O2/c1-4-16-9-5-8-12-19(16)24-20(26)14-25(3)21(27)13-23-15(2)17-10-6-7-11-18(17)22/h5-12,15,23H,4,13-14H2,1-3H3,(H,24,26)/p+1/t15-/m0/s1. The minimum absolute atomic E-state index is 0.0190. The van der Waals surface area contributed by atoms with Crippen LogP contribution in [0.2, 0.25) is 5.02 Å². The molecule has 0 saturated carbocycles. The van der Waals surface area contributed by atoms with E-state index in [2.05, 4.69) is 5.32 Å². The molecule has 27 heavy (non-hydrogen) atoms. The number of carbonyl (C=O) groups is 2. The fraction of sp³-hybridized carbons (Fsp3) is 0.333. The van der Waals surface area contributed by atoms with Crippen LogP contribution in [0.15, 0.2) is 48.5 Å². The summed E-state index contributed by atoms with van der Waals surface area (Å²) in [7, 11) is 1.64. The average molecular weight is 389 g/mol. The second-order valence-electron chi connectivity index (χ2n) is 6.56. The Labute approximate surface area is 165 Å². The molecule has 0 aliphatic carbocycles. The zero-order valence-electron chi connectivity index (χ0n) is 16.0. The Morgan fingerprint density at radius 1 is 1.15 bits per heavy atom. The molecule has 0 heterocycles. The molecule has 6 heteroatoms. The first-order valence-corrected chi connectivity index (χ1v) is 9.49. The van der Waals surface area contributed by atoms with E-state index in [4.69, 9.17) is 11.6 Å². The van der Waals surface area contributed by atoms with Crippen molar-refractivity contribution in [3.63, 3.8) is 0 Å². The largest absolute Gasteiger partial charge is 0.332 e. The van der Waals surface area contributed by atoms with Gasteiger partial charge in [-0.1, -0.05) is 54.9 Å². The number of para-hydroxylation sites is 1. The lowest BCUT2D eigenvalue weighted by Crippen LogP contribution is -2.87. The number of nitrogens with two attached hydrogens (primary N) is 1. The van der Waals surface area contributed by atoms with Crippen molar-refractivity contribution in [3.8, 4) is 0 Å². The summed E-state index contributed by atoms with van der Waals surface area (Å²) in [6, 6.07) is 15.3. The number of hydrogen-bond donors (Lipinski definition) is 2. The van der Waals surface area contributed by atoms with Crippen LogP contribution in [0.25, 0.3) is 0 Å². The Hall–Kier alpha value is -2.37. The van der Waals surface area contributed by atoms with Crippen LogP contribution in [-0.2, 0) is 16.0 Å². The summed E-state index contributed by atoms with van der Waals surface area (Å²) in [6.07, 6.45) is 0.833. The molecule has 0 spiro atoms. The monoisotopic (exact) mass is 388 g/mol. The maximum Gasteiger partial charge on any atom is 0.277 e. The van der Waals surface area contributed by atoms with Gasteiger partial charge in [0.15, 0.2) is 6.54 Å². The first-order valence-electron chi connectivity index (χ1n) is 9.11. The van der Waals surface area contributed by atoms with Gasteiger partial charge < -0.3 is 15.5 Å². The lowest BCUT2D eigenvalue weighted by molar-refractivity contribution is -0.683. The molecule has 2 rings (SSSR count). The first kappa shape index (κ1) is 20.9. The molecule has 2 aromatic rings. The van der Waals surface area contributed by atoms with Crippen LogP contribution in [0.4, 0.5) is 5.69 Å². The first-order chi connectivity index (χ1) is 12.9. The summed E-state index contributed by atoms with van der Waals surface area (Å²) in [5, 5.41) is 5.50. The quantitative estimate of drug-likeness (QED) is 0.730. The zero-order valence-corrected chi connectivity index (χ0v) is 16.8. The van der Waals surface area contributed by atoms with E-state index in [1.54, 1.807) is 7.05 Å². The maximum absolute atomic E-state index is 12.4. The molecule has 0 bridgehead atoms. The molecule has 0 aliphatic rings. The van der Waals surface area contributed by atoms with Gasteiger partial charge >= 0.3 is 0 Å². The van der Waals surface area contributed by atoms with E-state index in [1.807, 2.05) is 67.7 Å². The molecule has 0 radical (unpaired) electrons. The van der Waals surface area contributed by atoms with Crippen molar-refractivity contribution >= 4 is 29.1 Å². The molecule has 1 atom stereocenters. The number of nitrogens with zero attached hydrogens (tertiary/aromatic N) is 1. The van der Waals surface area contributed by atoms with Gasteiger partial charge in [0, 0.05) is 23.3 Å². The number of amides is 2. The van der Waals surface area contributed by atoms with Crippen molar-refractivity contribution in [1.82, 2.24) is 4.90 Å². The molecule has 0 aliphatic heterocycles. The molecule has 3 N–H and O–H groups in total. The number of anilines is 1. The van der Waals surface area contributed by atoms with Gasteiger partial charge in [-0.25, -0.2) is 0 Å². The number of aryl methyl sites for hydroxylation is 1. The molecule has 2 amide bonds. The highest BCUT2D eigenvalue weighted by molar-refractivity contribution is 6.31. The highest BCUT2D eigenvalue weighted by Gasteiger charge is 2.18. The normalized spacial score (nSPS) is 11.7. The van der Waals surface area contributed by atoms with Crippen molar-refractivity contribution < 1.29 is 14.9 Å². The van der Waals surface area contributed by atoms with Crippen molar-refractivity contribution in [2.75, 3.05) is 25.5 Å². The number of halogens is 1. The van der Waals surface area contributed by atoms with E-state index in [0.717, 1.165) is 23.2 Å². The van der Waals surface area contributed by atoms with Gasteiger partial charge in [0.1, 0.15) is 6.04 Å². The van der Waals surface area contributed by atoms with Gasteiger partial charge in [-0.2, -0.15) is 0 Å². The summed E-state index contributed by atoms with van der Waals surface area (Å²) in [6.45, 7) is 4.31. The maximum atomic E-state index is 12.4. The van der Waals surface area contributed by atoms with Crippen molar-refractivity contribution in [2.24, 2.45) is 0 Å². The lowest BCUT2D eigenvalue weighted by atomic mass is 10.1. The van der Waals surface area contributed by atoms with Crippen molar-refractivity contribution in [1.29, 1.82) is 0 Å². The molecule has 2 aromatic carbocycles. The van der Waals surface area contributed by atoms with Gasteiger partial charge in [0.05, 0.1) is 6.54 Å². The van der Waals surface area contributed by atoms with E-state index in [9.17, 15) is 9.59 Å². The van der Waals surface area contributed by atoms with Crippen molar-refractivity contribution in [2.45, 2.75) is 26.3 Å². The van der Waals surface area contributed by atoms with Crippen LogP contribution in [0.5, 0.6) is 0 Å². The number of carbonyl (C=O) groups excluding carboxylic acids is 2. The molecule has 0 fully saturated rings. The Morgan fingerprint density at radius 3 is 2.52 bits per heavy atom. The summed E-state index contributed by atoms with van der Waals surface area (Å²) < 4.78 is 0. The molecule has 0 aromatic heterocycles. The van der Waals surface area contributed by atoms with E-state index in [-0.39, 0.29) is 30.9 Å². The van der Waals surface area contributed by atoms with Crippen LogP contribution in [0.1, 0.15) is 31.0 Å².